The van der Waals surface area contributed by atoms with Crippen molar-refractivity contribution in [1.82, 2.24) is 10.2 Å². The van der Waals surface area contributed by atoms with Gasteiger partial charge in [-0.15, -0.1) is 0 Å². The summed E-state index contributed by atoms with van der Waals surface area (Å²) in [5.74, 6) is 0.507. The first-order valence-corrected chi connectivity index (χ1v) is 10.2. The predicted octanol–water partition coefficient (Wildman–Crippen LogP) is 2.40. The summed E-state index contributed by atoms with van der Waals surface area (Å²) in [4.78, 5) is 38.2. The predicted molar refractivity (Wildman–Crippen MR) is 110 cm³/mol. The molecular formula is C23H24N2O6. The minimum Gasteiger partial charge on any atom is -0.454 e. The Balaban J connectivity index is 1.26. The molecule has 1 atom stereocenters. The minimum absolute atomic E-state index is 0.157. The Kier molecular flexibility index (Phi) is 6.06. The second kappa shape index (κ2) is 9.07. The molecule has 1 unspecified atom stereocenters. The van der Waals surface area contributed by atoms with Crippen molar-refractivity contribution < 1.29 is 28.6 Å². The number of amides is 2. The smallest absolute Gasteiger partial charge is 0.338 e. The standard InChI is InChI=1S/C23H24N2O6/c1-15(22(27)24-12-17-6-9-19-20(11-17)30-14-29-19)31-23(28)18-7-4-16(5-8-18)13-25-10-2-3-21(25)26/h4-9,11,15H,2-3,10,12-14H2,1H3,(H,24,27). The number of hydrogen-bond donors (Lipinski definition) is 1. The lowest BCUT2D eigenvalue weighted by Gasteiger charge is -2.16. The summed E-state index contributed by atoms with van der Waals surface area (Å²) in [7, 11) is 0. The number of benzene rings is 2. The molecule has 8 heteroatoms. The highest BCUT2D eigenvalue weighted by Gasteiger charge is 2.21. The molecule has 0 saturated carbocycles. The van der Waals surface area contributed by atoms with E-state index in [1.54, 1.807) is 41.3 Å². The van der Waals surface area contributed by atoms with Crippen molar-refractivity contribution in [2.75, 3.05) is 13.3 Å². The van der Waals surface area contributed by atoms with E-state index in [1.165, 1.54) is 6.92 Å². The number of likely N-dealkylation sites (tertiary alicyclic amines) is 1. The molecular weight excluding hydrogens is 400 g/mol. The van der Waals surface area contributed by atoms with Gasteiger partial charge in [0.25, 0.3) is 5.91 Å². The van der Waals surface area contributed by atoms with Gasteiger partial charge in [0.05, 0.1) is 5.56 Å². The summed E-state index contributed by atoms with van der Waals surface area (Å²) < 4.78 is 15.9. The molecule has 2 aromatic rings. The molecule has 2 amide bonds. The zero-order chi connectivity index (χ0) is 21.8. The molecule has 0 spiro atoms. The van der Waals surface area contributed by atoms with E-state index in [4.69, 9.17) is 14.2 Å². The summed E-state index contributed by atoms with van der Waals surface area (Å²) in [5.41, 5.74) is 2.15. The van der Waals surface area contributed by atoms with E-state index >= 15 is 0 Å². The topological polar surface area (TPSA) is 94.2 Å². The van der Waals surface area contributed by atoms with E-state index in [-0.39, 0.29) is 19.2 Å². The second-order valence-electron chi connectivity index (χ2n) is 7.57. The van der Waals surface area contributed by atoms with Crippen LogP contribution in [0, 0.1) is 0 Å². The molecule has 0 radical (unpaired) electrons. The Labute approximate surface area is 180 Å². The van der Waals surface area contributed by atoms with Gasteiger partial charge in [-0.1, -0.05) is 18.2 Å². The van der Waals surface area contributed by atoms with Gasteiger partial charge in [0.2, 0.25) is 12.7 Å². The van der Waals surface area contributed by atoms with Crippen molar-refractivity contribution in [3.05, 3.63) is 59.2 Å². The van der Waals surface area contributed by atoms with E-state index in [1.807, 2.05) is 6.07 Å². The van der Waals surface area contributed by atoms with Gasteiger partial charge in [0.1, 0.15) is 0 Å². The average molecular weight is 424 g/mol. The van der Waals surface area contributed by atoms with Crippen LogP contribution in [0.15, 0.2) is 42.5 Å². The third kappa shape index (κ3) is 4.96. The zero-order valence-electron chi connectivity index (χ0n) is 17.3. The van der Waals surface area contributed by atoms with Crippen LogP contribution in [0.2, 0.25) is 0 Å². The number of hydrogen-bond acceptors (Lipinski definition) is 6. The van der Waals surface area contributed by atoms with E-state index in [2.05, 4.69) is 5.32 Å². The molecule has 0 bridgehead atoms. The van der Waals surface area contributed by atoms with Crippen molar-refractivity contribution in [3.8, 4) is 11.5 Å². The van der Waals surface area contributed by atoms with Crippen molar-refractivity contribution in [1.29, 1.82) is 0 Å². The number of fused-ring (bicyclic) bond motifs is 1. The molecule has 162 valence electrons. The van der Waals surface area contributed by atoms with Gasteiger partial charge in [-0.25, -0.2) is 4.79 Å². The normalized spacial score (nSPS) is 15.6. The Morgan fingerprint density at radius 3 is 2.58 bits per heavy atom. The van der Waals surface area contributed by atoms with Gasteiger partial charge in [-0.2, -0.15) is 0 Å². The van der Waals surface area contributed by atoms with Gasteiger partial charge in [-0.3, -0.25) is 9.59 Å². The quantitative estimate of drug-likeness (QED) is 0.686. The number of carbonyl (C=O) groups excluding carboxylic acids is 3. The lowest BCUT2D eigenvalue weighted by atomic mass is 10.1. The number of esters is 1. The van der Waals surface area contributed by atoms with E-state index in [0.717, 1.165) is 24.1 Å². The maximum atomic E-state index is 12.4. The van der Waals surface area contributed by atoms with Crippen LogP contribution in [0.25, 0.3) is 0 Å². The fraction of sp³-hybridized carbons (Fsp3) is 0.348. The molecule has 0 aliphatic carbocycles. The molecule has 4 rings (SSSR count). The number of ether oxygens (including phenoxy) is 3. The summed E-state index contributed by atoms with van der Waals surface area (Å²) in [6.07, 6.45) is 0.542. The van der Waals surface area contributed by atoms with Gasteiger partial charge in [-0.05, 0) is 48.7 Å². The first-order chi connectivity index (χ1) is 15.0. The molecule has 1 N–H and O–H groups in total. The summed E-state index contributed by atoms with van der Waals surface area (Å²) in [6, 6.07) is 12.3. The fourth-order valence-corrected chi connectivity index (χ4v) is 3.50. The Bertz CT molecular complexity index is 988. The molecule has 2 aromatic carbocycles. The lowest BCUT2D eigenvalue weighted by molar-refractivity contribution is -0.129. The van der Waals surface area contributed by atoms with E-state index in [9.17, 15) is 14.4 Å². The molecule has 1 saturated heterocycles. The lowest BCUT2D eigenvalue weighted by Crippen LogP contribution is -2.35. The third-order valence-corrected chi connectivity index (χ3v) is 5.29. The van der Waals surface area contributed by atoms with E-state index < -0.39 is 18.0 Å². The number of nitrogens with one attached hydrogen (secondary N) is 1. The maximum absolute atomic E-state index is 12.4. The van der Waals surface area contributed by atoms with Gasteiger partial charge in [0, 0.05) is 26.1 Å². The summed E-state index contributed by atoms with van der Waals surface area (Å²) >= 11 is 0. The van der Waals surface area contributed by atoms with Crippen LogP contribution in [0.3, 0.4) is 0 Å². The van der Waals surface area contributed by atoms with Crippen LogP contribution in [-0.4, -0.2) is 42.1 Å². The first-order valence-electron chi connectivity index (χ1n) is 10.2. The molecule has 2 heterocycles. The Morgan fingerprint density at radius 1 is 1.10 bits per heavy atom. The van der Waals surface area contributed by atoms with Crippen LogP contribution >= 0.6 is 0 Å². The zero-order valence-corrected chi connectivity index (χ0v) is 17.3. The fourth-order valence-electron chi connectivity index (χ4n) is 3.50. The second-order valence-corrected chi connectivity index (χ2v) is 7.57. The molecule has 8 nitrogen and oxygen atoms in total. The van der Waals surface area contributed by atoms with Gasteiger partial charge in [0.15, 0.2) is 17.6 Å². The molecule has 2 aliphatic heterocycles. The average Bonchev–Trinajstić information content (AvgIpc) is 3.40. The SMILES string of the molecule is CC(OC(=O)c1ccc(CN2CCCC2=O)cc1)C(=O)NCc1ccc2c(c1)OCO2. The highest BCUT2D eigenvalue weighted by molar-refractivity contribution is 5.92. The Hall–Kier alpha value is -3.55. The van der Waals surface area contributed by atoms with Crippen LogP contribution < -0.4 is 14.8 Å². The van der Waals surface area contributed by atoms with E-state index in [0.29, 0.717) is 30.0 Å². The minimum atomic E-state index is -0.941. The Morgan fingerprint density at radius 2 is 1.84 bits per heavy atom. The van der Waals surface area contributed by atoms with Crippen molar-refractivity contribution >= 4 is 17.8 Å². The van der Waals surface area contributed by atoms with Crippen molar-refractivity contribution in [2.24, 2.45) is 0 Å². The van der Waals surface area contributed by atoms with Crippen LogP contribution in [0.1, 0.15) is 41.3 Å². The molecule has 1 fully saturated rings. The molecule has 0 aromatic heterocycles. The number of nitrogens with zero attached hydrogens (tertiary/aromatic N) is 1. The van der Waals surface area contributed by atoms with Crippen LogP contribution in [0.4, 0.5) is 0 Å². The first kappa shape index (κ1) is 20.7. The highest BCUT2D eigenvalue weighted by Crippen LogP contribution is 2.32. The molecule has 2 aliphatic rings. The van der Waals surface area contributed by atoms with Crippen LogP contribution in [-0.2, 0) is 27.4 Å². The highest BCUT2D eigenvalue weighted by atomic mass is 16.7. The monoisotopic (exact) mass is 424 g/mol. The number of rotatable bonds is 7. The third-order valence-electron chi connectivity index (χ3n) is 5.29. The van der Waals surface area contributed by atoms with Crippen molar-refractivity contribution in [3.63, 3.8) is 0 Å². The summed E-state index contributed by atoms with van der Waals surface area (Å²) in [6.45, 7) is 3.30. The number of carbonyl (C=O) groups is 3. The summed E-state index contributed by atoms with van der Waals surface area (Å²) in [5, 5.41) is 2.75. The maximum Gasteiger partial charge on any atom is 0.338 e. The largest absolute Gasteiger partial charge is 0.454 e. The molecule has 31 heavy (non-hydrogen) atoms. The van der Waals surface area contributed by atoms with Gasteiger partial charge >= 0.3 is 5.97 Å². The van der Waals surface area contributed by atoms with Crippen molar-refractivity contribution in [2.45, 2.75) is 39.0 Å². The van der Waals surface area contributed by atoms with Crippen LogP contribution in [0.5, 0.6) is 11.5 Å². The van der Waals surface area contributed by atoms with Gasteiger partial charge < -0.3 is 24.4 Å².